The monoisotopic (exact) mass is 404 g/mol. The SMILES string of the molecule is CCCCCCCCN(CCCCCCCC)c1cc(C)ccc1OCC(N)=O. The van der Waals surface area contributed by atoms with Gasteiger partial charge in [0.1, 0.15) is 5.75 Å². The molecule has 0 aliphatic carbocycles. The molecule has 0 unspecified atom stereocenters. The van der Waals surface area contributed by atoms with Crippen LogP contribution in [0.5, 0.6) is 5.75 Å². The van der Waals surface area contributed by atoms with Gasteiger partial charge in [0.05, 0.1) is 5.69 Å². The summed E-state index contributed by atoms with van der Waals surface area (Å²) in [6.45, 7) is 8.63. The van der Waals surface area contributed by atoms with Gasteiger partial charge in [-0.2, -0.15) is 0 Å². The molecular weight excluding hydrogens is 360 g/mol. The van der Waals surface area contributed by atoms with Gasteiger partial charge in [0.15, 0.2) is 6.61 Å². The van der Waals surface area contributed by atoms with Crippen LogP contribution >= 0.6 is 0 Å². The molecule has 0 aliphatic heterocycles. The van der Waals surface area contributed by atoms with E-state index in [-0.39, 0.29) is 6.61 Å². The van der Waals surface area contributed by atoms with E-state index in [0.717, 1.165) is 24.5 Å². The fourth-order valence-electron chi connectivity index (χ4n) is 3.66. The molecule has 1 aromatic rings. The first-order chi connectivity index (χ1) is 14.1. The Morgan fingerprint density at radius 3 is 1.90 bits per heavy atom. The molecule has 2 N–H and O–H groups in total. The van der Waals surface area contributed by atoms with Crippen molar-refractivity contribution in [3.63, 3.8) is 0 Å². The van der Waals surface area contributed by atoms with Crippen molar-refractivity contribution in [1.29, 1.82) is 0 Å². The maximum atomic E-state index is 11.2. The van der Waals surface area contributed by atoms with E-state index >= 15 is 0 Å². The number of unbranched alkanes of at least 4 members (excludes halogenated alkanes) is 10. The fraction of sp³-hybridized carbons (Fsp3) is 0.720. The second-order valence-electron chi connectivity index (χ2n) is 8.25. The third kappa shape index (κ3) is 11.8. The van der Waals surface area contributed by atoms with E-state index in [1.54, 1.807) is 0 Å². The second-order valence-corrected chi connectivity index (χ2v) is 8.25. The molecule has 0 radical (unpaired) electrons. The lowest BCUT2D eigenvalue weighted by Gasteiger charge is -2.27. The molecule has 0 saturated heterocycles. The molecule has 1 aromatic carbocycles. The quantitative estimate of drug-likeness (QED) is 0.289. The van der Waals surface area contributed by atoms with Crippen molar-refractivity contribution >= 4 is 11.6 Å². The molecule has 0 spiro atoms. The summed E-state index contributed by atoms with van der Waals surface area (Å²) in [5.41, 5.74) is 7.61. The first-order valence-electron chi connectivity index (χ1n) is 11.8. The number of benzene rings is 1. The first-order valence-corrected chi connectivity index (χ1v) is 11.8. The third-order valence-electron chi connectivity index (χ3n) is 5.39. The standard InChI is InChI=1S/C25H44N2O2/c1-4-6-8-10-12-14-18-27(19-15-13-11-9-7-5-2)23-20-22(3)16-17-24(23)29-21-25(26)28/h16-17,20H,4-15,18-19,21H2,1-3H3,(H2,26,28). The Hall–Kier alpha value is -1.71. The summed E-state index contributed by atoms with van der Waals surface area (Å²) in [5, 5.41) is 0. The minimum atomic E-state index is -0.435. The average Bonchev–Trinajstić information content (AvgIpc) is 2.70. The highest BCUT2D eigenvalue weighted by atomic mass is 16.5. The summed E-state index contributed by atoms with van der Waals surface area (Å²) in [6.07, 6.45) is 15.5. The molecule has 4 nitrogen and oxygen atoms in total. The van der Waals surface area contributed by atoms with E-state index in [9.17, 15) is 4.79 Å². The van der Waals surface area contributed by atoms with Crippen LogP contribution < -0.4 is 15.4 Å². The van der Waals surface area contributed by atoms with Gasteiger partial charge in [-0.1, -0.05) is 84.1 Å². The topological polar surface area (TPSA) is 55.6 Å². The van der Waals surface area contributed by atoms with Crippen LogP contribution in [0.15, 0.2) is 18.2 Å². The fourth-order valence-corrected chi connectivity index (χ4v) is 3.66. The third-order valence-corrected chi connectivity index (χ3v) is 5.39. The Kier molecular flexibility index (Phi) is 14.1. The van der Waals surface area contributed by atoms with Gasteiger partial charge >= 0.3 is 0 Å². The highest BCUT2D eigenvalue weighted by molar-refractivity contribution is 5.75. The zero-order valence-corrected chi connectivity index (χ0v) is 19.2. The van der Waals surface area contributed by atoms with Crippen molar-refractivity contribution in [2.75, 3.05) is 24.6 Å². The molecule has 0 fully saturated rings. The lowest BCUT2D eigenvalue weighted by molar-refractivity contribution is -0.119. The Morgan fingerprint density at radius 2 is 1.38 bits per heavy atom. The lowest BCUT2D eigenvalue weighted by atomic mass is 10.1. The van der Waals surface area contributed by atoms with Gasteiger partial charge in [0.25, 0.3) is 5.91 Å². The van der Waals surface area contributed by atoms with Gasteiger partial charge in [-0.05, 0) is 37.5 Å². The van der Waals surface area contributed by atoms with Crippen LogP contribution in [-0.2, 0) is 4.79 Å². The number of ether oxygens (including phenoxy) is 1. The van der Waals surface area contributed by atoms with Crippen molar-refractivity contribution in [2.45, 2.75) is 97.8 Å². The van der Waals surface area contributed by atoms with Gasteiger partial charge < -0.3 is 15.4 Å². The molecule has 0 atom stereocenters. The number of anilines is 1. The normalized spacial score (nSPS) is 10.9. The predicted molar refractivity (Wildman–Crippen MR) is 125 cm³/mol. The largest absolute Gasteiger partial charge is 0.482 e. The summed E-state index contributed by atoms with van der Waals surface area (Å²) < 4.78 is 5.74. The van der Waals surface area contributed by atoms with Crippen LogP contribution in [-0.4, -0.2) is 25.6 Å². The highest BCUT2D eigenvalue weighted by Crippen LogP contribution is 2.30. The van der Waals surface area contributed by atoms with Crippen LogP contribution in [0.1, 0.15) is 96.5 Å². The van der Waals surface area contributed by atoms with E-state index < -0.39 is 5.91 Å². The van der Waals surface area contributed by atoms with E-state index in [0.29, 0.717) is 0 Å². The number of hydrogen-bond acceptors (Lipinski definition) is 3. The zero-order valence-electron chi connectivity index (χ0n) is 19.2. The van der Waals surface area contributed by atoms with Crippen molar-refractivity contribution in [2.24, 2.45) is 5.73 Å². The number of primary amides is 1. The van der Waals surface area contributed by atoms with E-state index in [2.05, 4.69) is 31.7 Å². The number of amides is 1. The van der Waals surface area contributed by atoms with E-state index in [4.69, 9.17) is 10.5 Å². The molecule has 0 heterocycles. The molecule has 1 rings (SSSR count). The smallest absolute Gasteiger partial charge is 0.255 e. The van der Waals surface area contributed by atoms with Crippen molar-refractivity contribution < 1.29 is 9.53 Å². The molecule has 29 heavy (non-hydrogen) atoms. The second kappa shape index (κ2) is 16.1. The summed E-state index contributed by atoms with van der Waals surface area (Å²) in [4.78, 5) is 13.7. The molecule has 0 aliphatic rings. The maximum Gasteiger partial charge on any atom is 0.255 e. The van der Waals surface area contributed by atoms with Gasteiger partial charge in [-0.15, -0.1) is 0 Å². The lowest BCUT2D eigenvalue weighted by Crippen LogP contribution is -2.27. The maximum absolute atomic E-state index is 11.2. The number of hydrogen-bond donors (Lipinski definition) is 1. The molecule has 0 saturated carbocycles. The molecular formula is C25H44N2O2. The van der Waals surface area contributed by atoms with Crippen LogP contribution in [0, 0.1) is 6.92 Å². The van der Waals surface area contributed by atoms with Crippen LogP contribution in [0.3, 0.4) is 0 Å². The number of aryl methyl sites for hydroxylation is 1. The van der Waals surface area contributed by atoms with Gasteiger partial charge in [-0.25, -0.2) is 0 Å². The van der Waals surface area contributed by atoms with Crippen molar-refractivity contribution in [3.05, 3.63) is 23.8 Å². The predicted octanol–water partition coefficient (Wildman–Crippen LogP) is 6.39. The molecule has 0 bridgehead atoms. The minimum absolute atomic E-state index is 0.0715. The van der Waals surface area contributed by atoms with Gasteiger partial charge in [0.2, 0.25) is 0 Å². The Morgan fingerprint density at radius 1 is 0.862 bits per heavy atom. The molecule has 166 valence electrons. The van der Waals surface area contributed by atoms with Crippen LogP contribution in [0.2, 0.25) is 0 Å². The molecule has 4 heteroatoms. The summed E-state index contributed by atoms with van der Waals surface area (Å²) in [5.74, 6) is 0.335. The highest BCUT2D eigenvalue weighted by Gasteiger charge is 2.13. The zero-order chi connectivity index (χ0) is 21.3. The minimum Gasteiger partial charge on any atom is -0.482 e. The number of nitrogens with zero attached hydrogens (tertiary/aromatic N) is 1. The summed E-state index contributed by atoms with van der Waals surface area (Å²) in [7, 11) is 0. The number of carbonyl (C=O) groups is 1. The van der Waals surface area contributed by atoms with Gasteiger partial charge in [-0.3, -0.25) is 4.79 Å². The molecule has 1 amide bonds. The number of carbonyl (C=O) groups excluding carboxylic acids is 1. The summed E-state index contributed by atoms with van der Waals surface area (Å²) >= 11 is 0. The van der Waals surface area contributed by atoms with Crippen LogP contribution in [0.4, 0.5) is 5.69 Å². The number of rotatable bonds is 18. The Labute approximate surface area is 179 Å². The van der Waals surface area contributed by atoms with Crippen molar-refractivity contribution in [1.82, 2.24) is 0 Å². The van der Waals surface area contributed by atoms with E-state index in [1.807, 2.05) is 12.1 Å². The average molecular weight is 405 g/mol. The van der Waals surface area contributed by atoms with Crippen molar-refractivity contribution in [3.8, 4) is 5.75 Å². The molecule has 0 aromatic heterocycles. The van der Waals surface area contributed by atoms with Crippen LogP contribution in [0.25, 0.3) is 0 Å². The Bertz CT molecular complexity index is 544. The first kappa shape index (κ1) is 25.3. The number of nitrogens with two attached hydrogens (primary N) is 1. The summed E-state index contributed by atoms with van der Waals surface area (Å²) in [6, 6.07) is 6.20. The van der Waals surface area contributed by atoms with E-state index in [1.165, 1.54) is 82.6 Å². The Balaban J connectivity index is 2.71. The van der Waals surface area contributed by atoms with Gasteiger partial charge in [0, 0.05) is 13.1 Å².